The van der Waals surface area contributed by atoms with Gasteiger partial charge in [-0.05, 0) is 32.4 Å². The fourth-order valence-electron chi connectivity index (χ4n) is 1.96. The van der Waals surface area contributed by atoms with Gasteiger partial charge in [-0.2, -0.15) is 0 Å². The van der Waals surface area contributed by atoms with Crippen molar-refractivity contribution in [1.29, 1.82) is 0 Å². The SMILES string of the molecule is Cc1cc(C(=O)NC(C)c2ccccc2)c(C)o1. The van der Waals surface area contributed by atoms with Gasteiger partial charge in [0.25, 0.3) is 5.91 Å². The number of nitrogens with one attached hydrogen (secondary N) is 1. The third-order valence-corrected chi connectivity index (χ3v) is 2.93. The highest BCUT2D eigenvalue weighted by molar-refractivity contribution is 5.95. The van der Waals surface area contributed by atoms with E-state index in [1.165, 1.54) is 0 Å². The standard InChI is InChI=1S/C15H17NO2/c1-10-9-14(12(3)18-10)15(17)16-11(2)13-7-5-4-6-8-13/h4-9,11H,1-3H3,(H,16,17). The molecule has 2 rings (SSSR count). The summed E-state index contributed by atoms with van der Waals surface area (Å²) < 4.78 is 5.36. The lowest BCUT2D eigenvalue weighted by atomic mass is 10.1. The summed E-state index contributed by atoms with van der Waals surface area (Å²) in [5.74, 6) is 1.32. The van der Waals surface area contributed by atoms with E-state index in [0.717, 1.165) is 11.3 Å². The van der Waals surface area contributed by atoms with Crippen LogP contribution in [0.25, 0.3) is 0 Å². The lowest BCUT2D eigenvalue weighted by molar-refractivity contribution is 0.0938. The fourth-order valence-corrected chi connectivity index (χ4v) is 1.96. The zero-order valence-electron chi connectivity index (χ0n) is 10.9. The van der Waals surface area contributed by atoms with Crippen molar-refractivity contribution in [2.24, 2.45) is 0 Å². The van der Waals surface area contributed by atoms with Crippen molar-refractivity contribution in [3.8, 4) is 0 Å². The quantitative estimate of drug-likeness (QED) is 0.897. The van der Waals surface area contributed by atoms with Gasteiger partial charge in [0.15, 0.2) is 0 Å². The molecule has 0 bridgehead atoms. The maximum absolute atomic E-state index is 12.1. The van der Waals surface area contributed by atoms with Gasteiger partial charge < -0.3 is 9.73 Å². The van der Waals surface area contributed by atoms with Gasteiger partial charge in [-0.1, -0.05) is 30.3 Å². The number of amides is 1. The van der Waals surface area contributed by atoms with Crippen molar-refractivity contribution >= 4 is 5.91 Å². The Kier molecular flexibility index (Phi) is 3.51. The molecule has 3 heteroatoms. The summed E-state index contributed by atoms with van der Waals surface area (Å²) >= 11 is 0. The van der Waals surface area contributed by atoms with E-state index in [-0.39, 0.29) is 11.9 Å². The highest BCUT2D eigenvalue weighted by atomic mass is 16.3. The summed E-state index contributed by atoms with van der Waals surface area (Å²) in [5, 5.41) is 2.97. The molecule has 0 fully saturated rings. The summed E-state index contributed by atoms with van der Waals surface area (Å²) in [4.78, 5) is 12.1. The minimum Gasteiger partial charge on any atom is -0.466 e. The smallest absolute Gasteiger partial charge is 0.255 e. The van der Waals surface area contributed by atoms with Gasteiger partial charge in [0.1, 0.15) is 11.5 Å². The number of carbonyl (C=O) groups excluding carboxylic acids is 1. The molecule has 1 aromatic heterocycles. The Morgan fingerprint density at radius 1 is 1.22 bits per heavy atom. The van der Waals surface area contributed by atoms with Crippen LogP contribution in [0.5, 0.6) is 0 Å². The normalized spacial score (nSPS) is 12.2. The molecule has 0 aliphatic rings. The summed E-state index contributed by atoms with van der Waals surface area (Å²) in [5.41, 5.74) is 1.69. The Balaban J connectivity index is 2.10. The molecule has 0 spiro atoms. The maximum atomic E-state index is 12.1. The number of carbonyl (C=O) groups is 1. The first-order valence-electron chi connectivity index (χ1n) is 6.01. The third kappa shape index (κ3) is 2.62. The Hall–Kier alpha value is -2.03. The number of hydrogen-bond acceptors (Lipinski definition) is 2. The Labute approximate surface area is 107 Å². The van der Waals surface area contributed by atoms with Gasteiger partial charge in [-0.25, -0.2) is 0 Å². The molecule has 1 aromatic carbocycles. The van der Waals surface area contributed by atoms with E-state index < -0.39 is 0 Å². The van der Waals surface area contributed by atoms with E-state index in [2.05, 4.69) is 5.32 Å². The Morgan fingerprint density at radius 3 is 2.44 bits per heavy atom. The van der Waals surface area contributed by atoms with E-state index in [0.29, 0.717) is 11.3 Å². The van der Waals surface area contributed by atoms with E-state index in [1.54, 1.807) is 13.0 Å². The second-order valence-electron chi connectivity index (χ2n) is 4.43. The first-order valence-corrected chi connectivity index (χ1v) is 6.01. The first-order chi connectivity index (χ1) is 8.58. The van der Waals surface area contributed by atoms with Crippen LogP contribution in [0.2, 0.25) is 0 Å². The van der Waals surface area contributed by atoms with Crippen LogP contribution >= 0.6 is 0 Å². The molecule has 2 aromatic rings. The number of benzene rings is 1. The predicted molar refractivity (Wildman–Crippen MR) is 70.5 cm³/mol. The molecule has 0 saturated heterocycles. The van der Waals surface area contributed by atoms with Crippen molar-refractivity contribution in [2.75, 3.05) is 0 Å². The van der Waals surface area contributed by atoms with Crippen LogP contribution in [0.3, 0.4) is 0 Å². The lowest BCUT2D eigenvalue weighted by Gasteiger charge is -2.13. The van der Waals surface area contributed by atoms with Crippen LogP contribution in [0.15, 0.2) is 40.8 Å². The van der Waals surface area contributed by atoms with E-state index in [1.807, 2.05) is 44.2 Å². The topological polar surface area (TPSA) is 42.2 Å². The van der Waals surface area contributed by atoms with Crippen LogP contribution in [0.1, 0.15) is 40.4 Å². The van der Waals surface area contributed by atoms with Crippen LogP contribution in [-0.4, -0.2) is 5.91 Å². The second-order valence-corrected chi connectivity index (χ2v) is 4.43. The van der Waals surface area contributed by atoms with Gasteiger partial charge >= 0.3 is 0 Å². The maximum Gasteiger partial charge on any atom is 0.255 e. The van der Waals surface area contributed by atoms with Crippen LogP contribution < -0.4 is 5.32 Å². The van der Waals surface area contributed by atoms with Crippen molar-refractivity contribution in [3.05, 3.63) is 59.0 Å². The molecule has 1 N–H and O–H groups in total. The Morgan fingerprint density at radius 2 is 1.89 bits per heavy atom. The fraction of sp³-hybridized carbons (Fsp3) is 0.267. The Bertz CT molecular complexity index is 543. The van der Waals surface area contributed by atoms with Crippen LogP contribution in [0.4, 0.5) is 0 Å². The molecule has 0 aliphatic carbocycles. The molecule has 0 radical (unpaired) electrons. The predicted octanol–water partition coefficient (Wildman–Crippen LogP) is 3.39. The van der Waals surface area contributed by atoms with Gasteiger partial charge in [-0.15, -0.1) is 0 Å². The number of hydrogen-bond donors (Lipinski definition) is 1. The van der Waals surface area contributed by atoms with Gasteiger partial charge in [-0.3, -0.25) is 4.79 Å². The van der Waals surface area contributed by atoms with Crippen molar-refractivity contribution < 1.29 is 9.21 Å². The molecular weight excluding hydrogens is 226 g/mol. The summed E-state index contributed by atoms with van der Waals surface area (Å²) in [6.45, 7) is 5.61. The minimum absolute atomic E-state index is 0.0201. The zero-order valence-corrected chi connectivity index (χ0v) is 10.9. The zero-order chi connectivity index (χ0) is 13.1. The second kappa shape index (κ2) is 5.08. The van der Waals surface area contributed by atoms with Crippen molar-refractivity contribution in [1.82, 2.24) is 5.32 Å². The molecule has 0 aliphatic heterocycles. The third-order valence-electron chi connectivity index (χ3n) is 2.93. The first kappa shape index (κ1) is 12.4. The average molecular weight is 243 g/mol. The average Bonchev–Trinajstić information content (AvgIpc) is 2.69. The van der Waals surface area contributed by atoms with Crippen molar-refractivity contribution in [3.63, 3.8) is 0 Å². The highest BCUT2D eigenvalue weighted by Crippen LogP contribution is 2.16. The molecule has 1 atom stereocenters. The minimum atomic E-state index is -0.0966. The number of rotatable bonds is 3. The van der Waals surface area contributed by atoms with Crippen LogP contribution in [0, 0.1) is 13.8 Å². The molecule has 94 valence electrons. The molecule has 1 heterocycles. The largest absolute Gasteiger partial charge is 0.466 e. The van der Waals surface area contributed by atoms with E-state index in [4.69, 9.17) is 4.42 Å². The molecule has 1 unspecified atom stereocenters. The van der Waals surface area contributed by atoms with E-state index in [9.17, 15) is 4.79 Å². The van der Waals surface area contributed by atoms with E-state index >= 15 is 0 Å². The molecule has 3 nitrogen and oxygen atoms in total. The molecule has 1 amide bonds. The molecular formula is C15H17NO2. The highest BCUT2D eigenvalue weighted by Gasteiger charge is 2.16. The summed E-state index contributed by atoms with van der Waals surface area (Å²) in [6, 6.07) is 11.6. The van der Waals surface area contributed by atoms with Gasteiger partial charge in [0.05, 0.1) is 11.6 Å². The summed E-state index contributed by atoms with van der Waals surface area (Å²) in [6.07, 6.45) is 0. The monoisotopic (exact) mass is 243 g/mol. The number of furan rings is 1. The van der Waals surface area contributed by atoms with Crippen molar-refractivity contribution in [2.45, 2.75) is 26.8 Å². The summed E-state index contributed by atoms with van der Waals surface area (Å²) in [7, 11) is 0. The number of aryl methyl sites for hydroxylation is 2. The van der Waals surface area contributed by atoms with Crippen LogP contribution in [-0.2, 0) is 0 Å². The molecule has 18 heavy (non-hydrogen) atoms. The molecule has 0 saturated carbocycles. The van der Waals surface area contributed by atoms with Gasteiger partial charge in [0, 0.05) is 0 Å². The van der Waals surface area contributed by atoms with Gasteiger partial charge in [0.2, 0.25) is 0 Å². The lowest BCUT2D eigenvalue weighted by Crippen LogP contribution is -2.26.